The SMILES string of the molecule is COC(=O)c1ccc2c(I)nn(C3CCCCO3)c2c1.COC(=O)c1ccc2c(Nc3cccc(-c4cnn(C)c4)c3OC)nn(C3CCCCO3)c2c1. The number of halogens is 1. The first-order chi connectivity index (χ1) is 26.3. The first-order valence-electron chi connectivity index (χ1n) is 17.8. The van der Waals surface area contributed by atoms with Crippen LogP contribution in [0.3, 0.4) is 0 Å². The number of aryl methyl sites for hydroxylation is 1. The van der Waals surface area contributed by atoms with Crippen LogP contribution in [0.4, 0.5) is 11.5 Å². The number of aromatic nitrogens is 6. The monoisotopic (exact) mass is 847 g/mol. The minimum Gasteiger partial charge on any atom is -0.494 e. The first-order valence-corrected chi connectivity index (χ1v) is 18.9. The summed E-state index contributed by atoms with van der Waals surface area (Å²) in [5.41, 5.74) is 5.38. The third-order valence-electron chi connectivity index (χ3n) is 9.56. The van der Waals surface area contributed by atoms with E-state index in [1.165, 1.54) is 14.2 Å². The van der Waals surface area contributed by atoms with Crippen molar-refractivity contribution in [3.05, 3.63) is 81.8 Å². The van der Waals surface area contributed by atoms with Gasteiger partial charge in [0.15, 0.2) is 18.3 Å². The van der Waals surface area contributed by atoms with Gasteiger partial charge in [-0.2, -0.15) is 15.3 Å². The number of hydrogen-bond donors (Lipinski definition) is 1. The van der Waals surface area contributed by atoms with E-state index < -0.39 is 0 Å². The van der Waals surface area contributed by atoms with Gasteiger partial charge >= 0.3 is 11.9 Å². The topological polar surface area (TPSA) is 146 Å². The Bertz CT molecular complexity index is 2290. The molecule has 2 aliphatic heterocycles. The molecular formula is C39H42IN7O7. The third kappa shape index (κ3) is 7.65. The predicted octanol–water partition coefficient (Wildman–Crippen LogP) is 7.80. The van der Waals surface area contributed by atoms with Crippen molar-refractivity contribution in [1.29, 1.82) is 0 Å². The summed E-state index contributed by atoms with van der Waals surface area (Å²) in [7, 11) is 6.29. The molecule has 8 rings (SSSR count). The van der Waals surface area contributed by atoms with E-state index in [0.29, 0.717) is 29.3 Å². The van der Waals surface area contributed by atoms with E-state index >= 15 is 0 Å². The van der Waals surface area contributed by atoms with Gasteiger partial charge in [-0.25, -0.2) is 19.0 Å². The van der Waals surface area contributed by atoms with Crippen LogP contribution < -0.4 is 10.1 Å². The highest BCUT2D eigenvalue weighted by Crippen LogP contribution is 2.40. The summed E-state index contributed by atoms with van der Waals surface area (Å²) in [6.07, 6.45) is 9.67. The predicted molar refractivity (Wildman–Crippen MR) is 211 cm³/mol. The standard InChI is InChI=1S/C25H27N5O4.C14H15IN2O3/c1-29-15-17(14-26-29)18-7-6-8-20(23(18)32-2)27-24-19-11-10-16(25(31)33-3)13-21(19)30(28-24)22-9-4-5-12-34-22;1-19-14(18)9-5-6-10-11(8-9)17(16-13(10)15)12-4-2-3-7-20-12/h6-8,10-11,13-15,22H,4-5,9,12H2,1-3H3,(H,27,28);5-6,8,12H,2-4,7H2,1H3. The van der Waals surface area contributed by atoms with Crippen molar-refractivity contribution in [2.24, 2.45) is 7.05 Å². The van der Waals surface area contributed by atoms with Crippen molar-refractivity contribution in [3.8, 4) is 16.9 Å². The molecule has 0 saturated carbocycles. The van der Waals surface area contributed by atoms with Gasteiger partial charge in [0.1, 0.15) is 9.45 Å². The molecule has 3 aromatic heterocycles. The number of nitrogens with zero attached hydrogens (tertiary/aromatic N) is 6. The summed E-state index contributed by atoms with van der Waals surface area (Å²) in [4.78, 5) is 23.8. The molecular weight excluding hydrogens is 805 g/mol. The highest BCUT2D eigenvalue weighted by atomic mass is 127. The Kier molecular flexibility index (Phi) is 11.5. The molecule has 14 nitrogen and oxygen atoms in total. The summed E-state index contributed by atoms with van der Waals surface area (Å²) in [5.74, 6) is 0.624. The van der Waals surface area contributed by atoms with Crippen molar-refractivity contribution in [1.82, 2.24) is 29.3 Å². The summed E-state index contributed by atoms with van der Waals surface area (Å²) in [6, 6.07) is 16.9. The van der Waals surface area contributed by atoms with E-state index in [-0.39, 0.29) is 24.4 Å². The number of methoxy groups -OCH3 is 3. The first kappa shape index (κ1) is 37.3. The molecule has 54 heavy (non-hydrogen) atoms. The van der Waals surface area contributed by atoms with E-state index in [2.05, 4.69) is 38.1 Å². The molecule has 2 aliphatic rings. The molecule has 15 heteroatoms. The quantitative estimate of drug-likeness (QED) is 0.118. The number of nitrogens with one attached hydrogen (secondary N) is 1. The van der Waals surface area contributed by atoms with E-state index in [4.69, 9.17) is 28.8 Å². The maximum absolute atomic E-state index is 12.2. The summed E-state index contributed by atoms with van der Waals surface area (Å²) in [5, 5.41) is 19.1. The number of hydrogen-bond acceptors (Lipinski definition) is 11. The molecule has 2 unspecified atom stereocenters. The van der Waals surface area contributed by atoms with Crippen molar-refractivity contribution in [3.63, 3.8) is 0 Å². The van der Waals surface area contributed by atoms with Crippen molar-refractivity contribution in [2.75, 3.05) is 39.9 Å². The van der Waals surface area contributed by atoms with Gasteiger partial charge in [-0.15, -0.1) is 0 Å². The summed E-state index contributed by atoms with van der Waals surface area (Å²) < 4.78 is 33.7. The number of carbonyl (C=O) groups is 2. The zero-order valence-corrected chi connectivity index (χ0v) is 32.7. The van der Waals surface area contributed by atoms with Crippen LogP contribution in [0.5, 0.6) is 5.75 Å². The van der Waals surface area contributed by atoms with Crippen LogP contribution in [-0.2, 0) is 26.0 Å². The Morgan fingerprint density at radius 2 is 1.43 bits per heavy atom. The summed E-state index contributed by atoms with van der Waals surface area (Å²) in [6.45, 7) is 1.45. The van der Waals surface area contributed by atoms with Gasteiger partial charge in [0, 0.05) is 48.4 Å². The van der Waals surface area contributed by atoms with E-state index in [9.17, 15) is 9.59 Å². The van der Waals surface area contributed by atoms with E-state index in [1.54, 1.807) is 36.2 Å². The molecule has 6 aromatic rings. The van der Waals surface area contributed by atoms with E-state index in [1.807, 2.05) is 59.0 Å². The smallest absolute Gasteiger partial charge is 0.337 e. The lowest BCUT2D eigenvalue weighted by atomic mass is 10.1. The third-order valence-corrected chi connectivity index (χ3v) is 10.4. The molecule has 2 fully saturated rings. The normalized spacial score (nSPS) is 17.1. The van der Waals surface area contributed by atoms with Crippen LogP contribution >= 0.6 is 22.6 Å². The molecule has 0 amide bonds. The number of fused-ring (bicyclic) bond motifs is 2. The molecule has 5 heterocycles. The number of anilines is 2. The fourth-order valence-corrected chi connectivity index (χ4v) is 7.55. The molecule has 3 aromatic carbocycles. The fourth-order valence-electron chi connectivity index (χ4n) is 6.86. The fraction of sp³-hybridized carbons (Fsp3) is 0.359. The molecule has 1 N–H and O–H groups in total. The molecule has 2 atom stereocenters. The molecule has 0 bridgehead atoms. The van der Waals surface area contributed by atoms with Gasteiger partial charge in [-0.1, -0.05) is 12.1 Å². The van der Waals surface area contributed by atoms with Crippen molar-refractivity contribution < 1.29 is 33.3 Å². The number of para-hydroxylation sites is 1. The van der Waals surface area contributed by atoms with Crippen LogP contribution in [0.15, 0.2) is 67.0 Å². The highest BCUT2D eigenvalue weighted by molar-refractivity contribution is 14.1. The van der Waals surface area contributed by atoms with Crippen LogP contribution in [0.2, 0.25) is 0 Å². The minimum absolute atomic E-state index is 0.0392. The van der Waals surface area contributed by atoms with E-state index in [0.717, 1.165) is 87.5 Å². The van der Waals surface area contributed by atoms with Crippen molar-refractivity contribution >= 4 is 67.8 Å². The van der Waals surface area contributed by atoms with Gasteiger partial charge < -0.3 is 29.0 Å². The van der Waals surface area contributed by atoms with Gasteiger partial charge in [0.05, 0.1) is 55.4 Å². The molecule has 2 saturated heterocycles. The average Bonchev–Trinajstić information content (AvgIpc) is 3.92. The number of ether oxygens (including phenoxy) is 5. The van der Waals surface area contributed by atoms with Crippen molar-refractivity contribution in [2.45, 2.75) is 51.0 Å². The van der Waals surface area contributed by atoms with Gasteiger partial charge in [0.25, 0.3) is 0 Å². The second-order valence-corrected chi connectivity index (χ2v) is 14.1. The Hall–Kier alpha value is -5.00. The number of rotatable bonds is 8. The van der Waals surface area contributed by atoms with Crippen LogP contribution in [-0.4, -0.2) is 75.8 Å². The molecule has 0 radical (unpaired) electrons. The van der Waals surface area contributed by atoms with Gasteiger partial charge in [0.2, 0.25) is 0 Å². The maximum Gasteiger partial charge on any atom is 0.337 e. The van der Waals surface area contributed by atoms with Gasteiger partial charge in [-0.3, -0.25) is 4.68 Å². The highest BCUT2D eigenvalue weighted by Gasteiger charge is 2.24. The minimum atomic E-state index is -0.389. The largest absolute Gasteiger partial charge is 0.494 e. The van der Waals surface area contributed by atoms with Gasteiger partial charge in [-0.05, 0) is 104 Å². The van der Waals surface area contributed by atoms with Crippen LogP contribution in [0.25, 0.3) is 32.9 Å². The Morgan fingerprint density at radius 3 is 1.98 bits per heavy atom. The molecule has 0 spiro atoms. The maximum atomic E-state index is 12.2. The lowest BCUT2D eigenvalue weighted by Gasteiger charge is -2.23. The second-order valence-electron chi connectivity index (χ2n) is 13.0. The Labute approximate surface area is 325 Å². The van der Waals surface area contributed by atoms with Crippen LogP contribution in [0.1, 0.15) is 71.7 Å². The number of esters is 2. The number of benzene rings is 3. The summed E-state index contributed by atoms with van der Waals surface area (Å²) >= 11 is 2.21. The second kappa shape index (κ2) is 16.6. The number of carbonyl (C=O) groups excluding carboxylic acids is 2. The lowest BCUT2D eigenvalue weighted by Crippen LogP contribution is -2.19. The zero-order valence-electron chi connectivity index (χ0n) is 30.6. The molecule has 0 aliphatic carbocycles. The Morgan fingerprint density at radius 1 is 0.815 bits per heavy atom. The van der Waals surface area contributed by atoms with Crippen LogP contribution in [0, 0.1) is 3.70 Å². The zero-order chi connectivity index (χ0) is 37.8. The average molecular weight is 848 g/mol. The molecule has 282 valence electrons. The Balaban J connectivity index is 0.000000191. The lowest BCUT2D eigenvalue weighted by molar-refractivity contribution is -0.0369.